The van der Waals surface area contributed by atoms with Crippen LogP contribution in [0.15, 0.2) is 42.6 Å². The van der Waals surface area contributed by atoms with Crippen LogP contribution in [0, 0.1) is 0 Å². The highest BCUT2D eigenvalue weighted by Gasteiger charge is 2.32. The van der Waals surface area contributed by atoms with E-state index in [1.165, 1.54) is 6.07 Å². The van der Waals surface area contributed by atoms with Gasteiger partial charge in [0, 0.05) is 24.8 Å². The van der Waals surface area contributed by atoms with E-state index in [0.717, 1.165) is 11.8 Å². The van der Waals surface area contributed by atoms with E-state index in [-0.39, 0.29) is 0 Å². The third-order valence-corrected chi connectivity index (χ3v) is 3.59. The summed E-state index contributed by atoms with van der Waals surface area (Å²) in [5, 5.41) is 0. The van der Waals surface area contributed by atoms with E-state index < -0.39 is 11.7 Å². The first-order valence-electron chi connectivity index (χ1n) is 7.01. The van der Waals surface area contributed by atoms with Crippen LogP contribution in [-0.4, -0.2) is 31.3 Å². The summed E-state index contributed by atoms with van der Waals surface area (Å²) in [6.45, 7) is 2.35. The van der Waals surface area contributed by atoms with Crippen LogP contribution in [0.2, 0.25) is 0 Å². The Hall–Kier alpha value is -2.08. The fraction of sp³-hybridized carbons (Fsp3) is 0.312. The van der Waals surface area contributed by atoms with Gasteiger partial charge in [-0.25, -0.2) is 4.98 Å². The van der Waals surface area contributed by atoms with E-state index >= 15 is 0 Å². The van der Waals surface area contributed by atoms with Crippen molar-refractivity contribution in [1.82, 2.24) is 4.98 Å². The third-order valence-electron chi connectivity index (χ3n) is 3.59. The number of benzene rings is 1. The van der Waals surface area contributed by atoms with Gasteiger partial charge in [0.15, 0.2) is 0 Å². The summed E-state index contributed by atoms with van der Waals surface area (Å²) >= 11 is 0. The maximum absolute atomic E-state index is 13.0. The van der Waals surface area contributed by atoms with Gasteiger partial charge in [0.1, 0.15) is 5.82 Å². The van der Waals surface area contributed by atoms with Gasteiger partial charge in [-0.3, -0.25) is 0 Å². The van der Waals surface area contributed by atoms with Crippen LogP contribution in [0.4, 0.5) is 19.0 Å². The SMILES string of the molecule is FC(F)(F)c1cnc(N2CCOCC2)c(-c2ccccc2)c1. The lowest BCUT2D eigenvalue weighted by molar-refractivity contribution is -0.137. The lowest BCUT2D eigenvalue weighted by Gasteiger charge is -2.29. The van der Waals surface area contributed by atoms with E-state index in [1.807, 2.05) is 11.0 Å². The molecule has 1 aliphatic heterocycles. The van der Waals surface area contributed by atoms with Crippen LogP contribution in [0.25, 0.3) is 11.1 Å². The number of nitrogens with zero attached hydrogens (tertiary/aromatic N) is 2. The minimum absolute atomic E-state index is 0.498. The molecule has 0 atom stereocenters. The monoisotopic (exact) mass is 308 g/mol. The lowest BCUT2D eigenvalue weighted by atomic mass is 10.0. The first-order chi connectivity index (χ1) is 10.6. The molecular weight excluding hydrogens is 293 g/mol. The fourth-order valence-electron chi connectivity index (χ4n) is 2.47. The molecule has 2 heterocycles. The normalized spacial score (nSPS) is 15.9. The minimum atomic E-state index is -4.40. The summed E-state index contributed by atoms with van der Waals surface area (Å²) in [7, 11) is 0. The number of hydrogen-bond donors (Lipinski definition) is 0. The topological polar surface area (TPSA) is 25.4 Å². The predicted octanol–water partition coefficient (Wildman–Crippen LogP) is 3.60. The maximum atomic E-state index is 13.0. The molecule has 0 amide bonds. The predicted molar refractivity (Wildman–Crippen MR) is 77.7 cm³/mol. The molecule has 1 aromatic carbocycles. The number of aromatic nitrogens is 1. The van der Waals surface area contributed by atoms with Gasteiger partial charge in [-0.05, 0) is 11.6 Å². The average Bonchev–Trinajstić information content (AvgIpc) is 2.55. The molecule has 6 heteroatoms. The number of ether oxygens (including phenoxy) is 1. The Morgan fingerprint density at radius 1 is 1.05 bits per heavy atom. The van der Waals surface area contributed by atoms with Crippen molar-refractivity contribution in [2.45, 2.75) is 6.18 Å². The molecule has 116 valence electrons. The van der Waals surface area contributed by atoms with Crippen molar-refractivity contribution in [1.29, 1.82) is 0 Å². The van der Waals surface area contributed by atoms with Crippen molar-refractivity contribution in [3.05, 3.63) is 48.2 Å². The highest BCUT2D eigenvalue weighted by Crippen LogP contribution is 2.36. The summed E-state index contributed by atoms with van der Waals surface area (Å²) in [6.07, 6.45) is -3.50. The van der Waals surface area contributed by atoms with Crippen molar-refractivity contribution >= 4 is 5.82 Å². The van der Waals surface area contributed by atoms with Crippen molar-refractivity contribution in [3.8, 4) is 11.1 Å². The smallest absolute Gasteiger partial charge is 0.378 e. The molecule has 0 N–H and O–H groups in total. The summed E-state index contributed by atoms with van der Waals surface area (Å²) in [5.74, 6) is 0.572. The van der Waals surface area contributed by atoms with Crippen LogP contribution in [0.3, 0.4) is 0 Å². The van der Waals surface area contributed by atoms with Crippen molar-refractivity contribution in [3.63, 3.8) is 0 Å². The second-order valence-electron chi connectivity index (χ2n) is 5.06. The first-order valence-corrected chi connectivity index (χ1v) is 7.01. The van der Waals surface area contributed by atoms with E-state index in [0.29, 0.717) is 37.7 Å². The van der Waals surface area contributed by atoms with Gasteiger partial charge < -0.3 is 9.64 Å². The van der Waals surface area contributed by atoms with Gasteiger partial charge in [0.25, 0.3) is 0 Å². The molecule has 0 aliphatic carbocycles. The maximum Gasteiger partial charge on any atom is 0.417 e. The number of morpholine rings is 1. The van der Waals surface area contributed by atoms with Crippen LogP contribution in [0.1, 0.15) is 5.56 Å². The van der Waals surface area contributed by atoms with E-state index in [2.05, 4.69) is 4.98 Å². The summed E-state index contributed by atoms with van der Waals surface area (Å²) < 4.78 is 44.2. The zero-order chi connectivity index (χ0) is 15.6. The second-order valence-corrected chi connectivity index (χ2v) is 5.06. The first kappa shape index (κ1) is 14.8. The van der Waals surface area contributed by atoms with Crippen LogP contribution >= 0.6 is 0 Å². The molecule has 3 rings (SSSR count). The Bertz CT molecular complexity index is 638. The molecule has 3 nitrogen and oxygen atoms in total. The Labute approximate surface area is 126 Å². The molecule has 1 aromatic heterocycles. The molecule has 0 bridgehead atoms. The molecule has 1 saturated heterocycles. The van der Waals surface area contributed by atoms with Crippen LogP contribution < -0.4 is 4.90 Å². The average molecular weight is 308 g/mol. The Balaban J connectivity index is 2.09. The van der Waals surface area contributed by atoms with Gasteiger partial charge >= 0.3 is 6.18 Å². The van der Waals surface area contributed by atoms with E-state index in [4.69, 9.17) is 4.74 Å². The van der Waals surface area contributed by atoms with Crippen LogP contribution in [-0.2, 0) is 10.9 Å². The Morgan fingerprint density at radius 2 is 1.73 bits per heavy atom. The molecule has 1 aliphatic rings. The fourth-order valence-corrected chi connectivity index (χ4v) is 2.47. The van der Waals surface area contributed by atoms with Crippen molar-refractivity contribution in [2.75, 3.05) is 31.2 Å². The number of hydrogen-bond acceptors (Lipinski definition) is 3. The molecule has 2 aromatic rings. The molecule has 0 radical (unpaired) electrons. The number of rotatable bonds is 2. The molecule has 0 spiro atoms. The summed E-state index contributed by atoms with van der Waals surface area (Å²) in [5.41, 5.74) is 0.489. The quantitative estimate of drug-likeness (QED) is 0.847. The highest BCUT2D eigenvalue weighted by atomic mass is 19.4. The number of alkyl halides is 3. The van der Waals surface area contributed by atoms with Gasteiger partial charge in [-0.2, -0.15) is 13.2 Å². The molecular formula is C16H15F3N2O. The van der Waals surface area contributed by atoms with Crippen molar-refractivity contribution < 1.29 is 17.9 Å². The van der Waals surface area contributed by atoms with Gasteiger partial charge in [-0.15, -0.1) is 0 Å². The highest BCUT2D eigenvalue weighted by molar-refractivity contribution is 5.76. The van der Waals surface area contributed by atoms with Crippen LogP contribution in [0.5, 0.6) is 0 Å². The zero-order valence-corrected chi connectivity index (χ0v) is 11.8. The van der Waals surface area contributed by atoms with Crippen molar-refractivity contribution in [2.24, 2.45) is 0 Å². The Kier molecular flexibility index (Phi) is 4.02. The van der Waals surface area contributed by atoms with Gasteiger partial charge in [-0.1, -0.05) is 30.3 Å². The zero-order valence-electron chi connectivity index (χ0n) is 11.8. The molecule has 0 unspecified atom stereocenters. The minimum Gasteiger partial charge on any atom is -0.378 e. The second kappa shape index (κ2) is 5.96. The van der Waals surface area contributed by atoms with E-state index in [1.54, 1.807) is 24.3 Å². The summed E-state index contributed by atoms with van der Waals surface area (Å²) in [4.78, 5) is 6.06. The molecule has 0 saturated carbocycles. The largest absolute Gasteiger partial charge is 0.417 e. The number of anilines is 1. The van der Waals surface area contributed by atoms with E-state index in [9.17, 15) is 13.2 Å². The number of pyridine rings is 1. The molecule has 1 fully saturated rings. The van der Waals surface area contributed by atoms with Gasteiger partial charge in [0.05, 0.1) is 18.8 Å². The number of halogens is 3. The molecule has 22 heavy (non-hydrogen) atoms. The summed E-state index contributed by atoms with van der Waals surface area (Å²) in [6, 6.07) is 10.2. The third kappa shape index (κ3) is 3.06. The van der Waals surface area contributed by atoms with Gasteiger partial charge in [0.2, 0.25) is 0 Å². The Morgan fingerprint density at radius 3 is 2.36 bits per heavy atom. The standard InChI is InChI=1S/C16H15F3N2O/c17-16(18,19)13-10-14(12-4-2-1-3-5-12)15(20-11-13)21-6-8-22-9-7-21/h1-5,10-11H,6-9H2. The lowest BCUT2D eigenvalue weighted by Crippen LogP contribution is -2.37.